The van der Waals surface area contributed by atoms with Gasteiger partial charge in [0.15, 0.2) is 0 Å². The standard InChI is InChI=1S/C10H12BrN/c1-8(7-12)6-9-2-4-10(11)5-3-9/h2-5H,1,6-7,12H2. The van der Waals surface area contributed by atoms with Crippen molar-refractivity contribution in [1.82, 2.24) is 0 Å². The van der Waals surface area contributed by atoms with Crippen LogP contribution in [0.15, 0.2) is 40.9 Å². The van der Waals surface area contributed by atoms with Crippen molar-refractivity contribution in [3.63, 3.8) is 0 Å². The zero-order valence-corrected chi connectivity index (χ0v) is 8.47. The third-order valence-electron chi connectivity index (χ3n) is 1.66. The van der Waals surface area contributed by atoms with Crippen LogP contribution in [0.3, 0.4) is 0 Å². The molecule has 0 saturated heterocycles. The molecule has 0 radical (unpaired) electrons. The summed E-state index contributed by atoms with van der Waals surface area (Å²) in [5.74, 6) is 0. The van der Waals surface area contributed by atoms with Gasteiger partial charge in [-0.05, 0) is 24.1 Å². The monoisotopic (exact) mass is 225 g/mol. The number of hydrogen-bond donors (Lipinski definition) is 1. The van der Waals surface area contributed by atoms with E-state index in [0.717, 1.165) is 16.5 Å². The first-order valence-electron chi connectivity index (χ1n) is 3.83. The zero-order chi connectivity index (χ0) is 8.97. The summed E-state index contributed by atoms with van der Waals surface area (Å²) < 4.78 is 1.10. The molecule has 0 saturated carbocycles. The Bertz CT molecular complexity index is 264. The third kappa shape index (κ3) is 2.80. The molecule has 0 atom stereocenters. The molecule has 64 valence electrons. The van der Waals surface area contributed by atoms with Crippen LogP contribution >= 0.6 is 15.9 Å². The molecule has 0 unspecified atom stereocenters. The summed E-state index contributed by atoms with van der Waals surface area (Å²) >= 11 is 3.38. The van der Waals surface area contributed by atoms with Gasteiger partial charge in [-0.3, -0.25) is 0 Å². The van der Waals surface area contributed by atoms with Crippen molar-refractivity contribution in [3.05, 3.63) is 46.5 Å². The maximum atomic E-state index is 5.44. The number of hydrogen-bond acceptors (Lipinski definition) is 1. The fraction of sp³-hybridized carbons (Fsp3) is 0.200. The highest BCUT2D eigenvalue weighted by atomic mass is 79.9. The quantitative estimate of drug-likeness (QED) is 0.787. The Morgan fingerprint density at radius 3 is 2.42 bits per heavy atom. The largest absolute Gasteiger partial charge is 0.327 e. The van der Waals surface area contributed by atoms with Crippen LogP contribution in [0.1, 0.15) is 5.56 Å². The average Bonchev–Trinajstić information content (AvgIpc) is 2.09. The molecule has 1 nitrogen and oxygen atoms in total. The molecule has 1 rings (SSSR count). The Balaban J connectivity index is 2.64. The highest BCUT2D eigenvalue weighted by Gasteiger charge is 1.94. The van der Waals surface area contributed by atoms with Gasteiger partial charge in [0, 0.05) is 11.0 Å². The van der Waals surface area contributed by atoms with Gasteiger partial charge in [0.1, 0.15) is 0 Å². The summed E-state index contributed by atoms with van der Waals surface area (Å²) in [5.41, 5.74) is 7.77. The van der Waals surface area contributed by atoms with Gasteiger partial charge in [0.05, 0.1) is 0 Å². The fourth-order valence-corrected chi connectivity index (χ4v) is 1.23. The smallest absolute Gasteiger partial charge is 0.0175 e. The molecular formula is C10H12BrN. The Kier molecular flexibility index (Phi) is 3.50. The summed E-state index contributed by atoms with van der Waals surface area (Å²) in [6.07, 6.45) is 0.879. The highest BCUT2D eigenvalue weighted by molar-refractivity contribution is 9.10. The summed E-state index contributed by atoms with van der Waals surface area (Å²) in [6, 6.07) is 8.20. The minimum atomic E-state index is 0.566. The van der Waals surface area contributed by atoms with Gasteiger partial charge in [-0.15, -0.1) is 0 Å². The molecule has 0 aliphatic heterocycles. The molecule has 0 fully saturated rings. The normalized spacial score (nSPS) is 9.83. The molecule has 2 heteroatoms. The van der Waals surface area contributed by atoms with Crippen molar-refractivity contribution in [3.8, 4) is 0 Å². The lowest BCUT2D eigenvalue weighted by Crippen LogP contribution is -2.04. The number of benzene rings is 1. The van der Waals surface area contributed by atoms with Crippen molar-refractivity contribution < 1.29 is 0 Å². The highest BCUT2D eigenvalue weighted by Crippen LogP contribution is 2.12. The molecule has 0 spiro atoms. The first-order valence-corrected chi connectivity index (χ1v) is 4.63. The molecule has 0 aromatic heterocycles. The second-order valence-electron chi connectivity index (χ2n) is 2.76. The molecule has 0 heterocycles. The lowest BCUT2D eigenvalue weighted by atomic mass is 10.1. The van der Waals surface area contributed by atoms with E-state index in [2.05, 4.69) is 34.6 Å². The van der Waals surface area contributed by atoms with Gasteiger partial charge < -0.3 is 5.73 Å². The SMILES string of the molecule is C=C(CN)Cc1ccc(Br)cc1. The summed E-state index contributed by atoms with van der Waals surface area (Å²) in [5, 5.41) is 0. The average molecular weight is 226 g/mol. The summed E-state index contributed by atoms with van der Waals surface area (Å²) in [4.78, 5) is 0. The van der Waals surface area contributed by atoms with E-state index < -0.39 is 0 Å². The van der Waals surface area contributed by atoms with Crippen LogP contribution in [0, 0.1) is 0 Å². The minimum absolute atomic E-state index is 0.566. The van der Waals surface area contributed by atoms with Crippen molar-refractivity contribution in [2.75, 3.05) is 6.54 Å². The van der Waals surface area contributed by atoms with E-state index >= 15 is 0 Å². The van der Waals surface area contributed by atoms with Crippen LogP contribution in [0.2, 0.25) is 0 Å². The Morgan fingerprint density at radius 2 is 1.92 bits per heavy atom. The summed E-state index contributed by atoms with van der Waals surface area (Å²) in [6.45, 7) is 4.42. The van der Waals surface area contributed by atoms with E-state index in [0.29, 0.717) is 6.54 Å². The first kappa shape index (κ1) is 9.49. The maximum Gasteiger partial charge on any atom is 0.0175 e. The van der Waals surface area contributed by atoms with Gasteiger partial charge in [-0.2, -0.15) is 0 Å². The van der Waals surface area contributed by atoms with E-state index in [-0.39, 0.29) is 0 Å². The van der Waals surface area contributed by atoms with E-state index in [1.807, 2.05) is 12.1 Å². The zero-order valence-electron chi connectivity index (χ0n) is 6.89. The topological polar surface area (TPSA) is 26.0 Å². The number of nitrogens with two attached hydrogens (primary N) is 1. The number of rotatable bonds is 3. The predicted octanol–water partition coefficient (Wildman–Crippen LogP) is 2.51. The second kappa shape index (κ2) is 4.43. The van der Waals surface area contributed by atoms with Crippen molar-refractivity contribution in [1.29, 1.82) is 0 Å². The van der Waals surface area contributed by atoms with Crippen LogP contribution in [-0.2, 0) is 6.42 Å². The predicted molar refractivity (Wildman–Crippen MR) is 56.0 cm³/mol. The van der Waals surface area contributed by atoms with Crippen molar-refractivity contribution in [2.24, 2.45) is 5.73 Å². The van der Waals surface area contributed by atoms with Crippen LogP contribution in [0.25, 0.3) is 0 Å². The van der Waals surface area contributed by atoms with E-state index in [9.17, 15) is 0 Å². The molecule has 0 amide bonds. The Labute approximate surface area is 81.4 Å². The lowest BCUT2D eigenvalue weighted by molar-refractivity contribution is 1.04. The van der Waals surface area contributed by atoms with Gasteiger partial charge in [0.2, 0.25) is 0 Å². The van der Waals surface area contributed by atoms with Crippen LogP contribution < -0.4 is 5.73 Å². The molecule has 0 aliphatic carbocycles. The van der Waals surface area contributed by atoms with Gasteiger partial charge >= 0.3 is 0 Å². The third-order valence-corrected chi connectivity index (χ3v) is 2.18. The van der Waals surface area contributed by atoms with Crippen molar-refractivity contribution in [2.45, 2.75) is 6.42 Å². The number of halogens is 1. The second-order valence-corrected chi connectivity index (χ2v) is 3.67. The minimum Gasteiger partial charge on any atom is -0.327 e. The fourth-order valence-electron chi connectivity index (χ4n) is 0.963. The lowest BCUT2D eigenvalue weighted by Gasteiger charge is -2.02. The molecule has 0 aliphatic rings. The summed E-state index contributed by atoms with van der Waals surface area (Å²) in [7, 11) is 0. The molecule has 0 bridgehead atoms. The van der Waals surface area contributed by atoms with Gasteiger partial charge in [-0.25, -0.2) is 0 Å². The van der Waals surface area contributed by atoms with E-state index in [1.54, 1.807) is 0 Å². The Morgan fingerprint density at radius 1 is 1.33 bits per heavy atom. The van der Waals surface area contributed by atoms with E-state index in [4.69, 9.17) is 5.73 Å². The molecule has 2 N–H and O–H groups in total. The Hall–Kier alpha value is -0.600. The molecule has 1 aromatic rings. The van der Waals surface area contributed by atoms with Crippen LogP contribution in [0.4, 0.5) is 0 Å². The molecule has 12 heavy (non-hydrogen) atoms. The van der Waals surface area contributed by atoms with Crippen LogP contribution in [-0.4, -0.2) is 6.54 Å². The first-order chi connectivity index (χ1) is 5.72. The van der Waals surface area contributed by atoms with E-state index in [1.165, 1.54) is 5.56 Å². The maximum absolute atomic E-state index is 5.44. The molecular weight excluding hydrogens is 214 g/mol. The van der Waals surface area contributed by atoms with Crippen LogP contribution in [0.5, 0.6) is 0 Å². The van der Waals surface area contributed by atoms with Crippen molar-refractivity contribution >= 4 is 15.9 Å². The molecule has 1 aromatic carbocycles. The van der Waals surface area contributed by atoms with Gasteiger partial charge in [0.25, 0.3) is 0 Å². The van der Waals surface area contributed by atoms with Gasteiger partial charge in [-0.1, -0.05) is 40.2 Å².